The fourth-order valence-electron chi connectivity index (χ4n) is 2.08. The van der Waals surface area contributed by atoms with E-state index in [1.165, 1.54) is 19.1 Å². The molecule has 130 valence electrons. The van der Waals surface area contributed by atoms with E-state index in [4.69, 9.17) is 0 Å². The van der Waals surface area contributed by atoms with Crippen molar-refractivity contribution in [3.63, 3.8) is 0 Å². The topological polar surface area (TPSA) is 75.3 Å². The van der Waals surface area contributed by atoms with E-state index in [1.54, 1.807) is 12.1 Å². The summed E-state index contributed by atoms with van der Waals surface area (Å²) < 4.78 is 26.3. The summed E-state index contributed by atoms with van der Waals surface area (Å²) in [6, 6.07) is 8.82. The monoisotopic (exact) mass is 346 g/mol. The highest BCUT2D eigenvalue weighted by Crippen LogP contribution is 2.09. The molecular formula is C18H16F2N2O3. The Hall–Kier alpha value is -3.09. The minimum Gasteiger partial charge on any atom is -0.350 e. The van der Waals surface area contributed by atoms with Gasteiger partial charge in [-0.1, -0.05) is 12.1 Å². The molecule has 0 spiro atoms. The van der Waals surface area contributed by atoms with Crippen LogP contribution in [0, 0.1) is 11.6 Å². The maximum absolute atomic E-state index is 13.5. The second-order valence-electron chi connectivity index (χ2n) is 5.27. The summed E-state index contributed by atoms with van der Waals surface area (Å²) in [5.41, 5.74) is 0.610. The van der Waals surface area contributed by atoms with Gasteiger partial charge >= 0.3 is 0 Å². The first-order chi connectivity index (χ1) is 11.9. The predicted molar refractivity (Wildman–Crippen MR) is 87.5 cm³/mol. The van der Waals surface area contributed by atoms with Gasteiger partial charge in [-0.2, -0.15) is 0 Å². The van der Waals surface area contributed by atoms with Gasteiger partial charge < -0.3 is 10.6 Å². The van der Waals surface area contributed by atoms with Gasteiger partial charge in [0.1, 0.15) is 11.6 Å². The molecule has 0 aliphatic carbocycles. The molecule has 5 nitrogen and oxygen atoms in total. The summed E-state index contributed by atoms with van der Waals surface area (Å²) >= 11 is 0. The number of ketones is 1. The number of halogens is 2. The summed E-state index contributed by atoms with van der Waals surface area (Å²) in [6.07, 6.45) is 0. The van der Waals surface area contributed by atoms with Crippen LogP contribution in [0.2, 0.25) is 0 Å². The Morgan fingerprint density at radius 2 is 1.40 bits per heavy atom. The first-order valence-electron chi connectivity index (χ1n) is 7.51. The SMILES string of the molecule is CC(=O)c1ccc(C(=O)NCCNC(=O)c2ccc(F)cc2F)cc1. The number of benzene rings is 2. The van der Waals surface area contributed by atoms with Gasteiger partial charge in [-0.05, 0) is 31.2 Å². The number of carbonyl (C=O) groups excluding carboxylic acids is 3. The molecule has 0 atom stereocenters. The first kappa shape index (κ1) is 18.3. The number of hydrogen-bond acceptors (Lipinski definition) is 3. The van der Waals surface area contributed by atoms with Gasteiger partial charge in [-0.3, -0.25) is 14.4 Å². The molecule has 25 heavy (non-hydrogen) atoms. The fourth-order valence-corrected chi connectivity index (χ4v) is 2.08. The summed E-state index contributed by atoms with van der Waals surface area (Å²) in [5, 5.41) is 5.02. The molecule has 2 aromatic rings. The van der Waals surface area contributed by atoms with Crippen LogP contribution in [0.4, 0.5) is 8.78 Å². The Balaban J connectivity index is 1.81. The van der Waals surface area contributed by atoms with E-state index in [0.717, 1.165) is 12.1 Å². The largest absolute Gasteiger partial charge is 0.350 e. The van der Waals surface area contributed by atoms with Crippen molar-refractivity contribution in [1.82, 2.24) is 10.6 Å². The number of amides is 2. The molecule has 2 rings (SSSR count). The lowest BCUT2D eigenvalue weighted by Crippen LogP contribution is -2.35. The lowest BCUT2D eigenvalue weighted by Gasteiger charge is -2.08. The number of hydrogen-bond donors (Lipinski definition) is 2. The van der Waals surface area contributed by atoms with Gasteiger partial charge in [0.2, 0.25) is 0 Å². The molecular weight excluding hydrogens is 330 g/mol. The molecule has 2 amide bonds. The van der Waals surface area contributed by atoms with Gasteiger partial charge in [0.25, 0.3) is 11.8 Å². The summed E-state index contributed by atoms with van der Waals surface area (Å²) in [7, 11) is 0. The van der Waals surface area contributed by atoms with Crippen LogP contribution >= 0.6 is 0 Å². The molecule has 0 saturated heterocycles. The highest BCUT2D eigenvalue weighted by atomic mass is 19.1. The summed E-state index contributed by atoms with van der Waals surface area (Å²) in [4.78, 5) is 34.9. The smallest absolute Gasteiger partial charge is 0.254 e. The summed E-state index contributed by atoms with van der Waals surface area (Å²) in [5.74, 6) is -2.87. The van der Waals surface area contributed by atoms with Crippen molar-refractivity contribution < 1.29 is 23.2 Å². The second kappa shape index (κ2) is 8.14. The number of Topliss-reactive ketones (excluding diaryl/α,β-unsaturated/α-hetero) is 1. The Kier molecular flexibility index (Phi) is 5.94. The number of rotatable bonds is 6. The third kappa shape index (κ3) is 4.94. The van der Waals surface area contributed by atoms with E-state index in [1.807, 2.05) is 0 Å². The Labute approximate surface area is 143 Å². The Bertz CT molecular complexity index is 804. The van der Waals surface area contributed by atoms with Crippen LogP contribution < -0.4 is 10.6 Å². The summed E-state index contributed by atoms with van der Waals surface area (Å²) in [6.45, 7) is 1.64. The minimum absolute atomic E-state index is 0.0763. The van der Waals surface area contributed by atoms with E-state index < -0.39 is 17.5 Å². The van der Waals surface area contributed by atoms with Crippen LogP contribution in [0.15, 0.2) is 42.5 Å². The van der Waals surface area contributed by atoms with Gasteiger partial charge in [-0.15, -0.1) is 0 Å². The number of nitrogens with one attached hydrogen (secondary N) is 2. The molecule has 0 saturated carbocycles. The lowest BCUT2D eigenvalue weighted by molar-refractivity contribution is 0.0925. The second-order valence-corrected chi connectivity index (χ2v) is 5.27. The van der Waals surface area contributed by atoms with Gasteiger partial charge in [0.15, 0.2) is 5.78 Å². The van der Waals surface area contributed by atoms with Crippen molar-refractivity contribution >= 4 is 17.6 Å². The van der Waals surface area contributed by atoms with E-state index in [2.05, 4.69) is 10.6 Å². The standard InChI is InChI=1S/C18H16F2N2O3/c1-11(23)12-2-4-13(5-3-12)17(24)21-8-9-22-18(25)15-7-6-14(19)10-16(15)20/h2-7,10H,8-9H2,1H3,(H,21,24)(H,22,25). The van der Waals surface area contributed by atoms with Crippen LogP contribution in [0.25, 0.3) is 0 Å². The van der Waals surface area contributed by atoms with Gasteiger partial charge in [0.05, 0.1) is 5.56 Å². The molecule has 0 aliphatic rings. The van der Waals surface area contributed by atoms with Crippen molar-refractivity contribution in [3.05, 3.63) is 70.8 Å². The van der Waals surface area contributed by atoms with Crippen molar-refractivity contribution in [1.29, 1.82) is 0 Å². The zero-order chi connectivity index (χ0) is 18.4. The third-order valence-electron chi connectivity index (χ3n) is 3.43. The molecule has 0 unspecified atom stereocenters. The van der Waals surface area contributed by atoms with E-state index in [-0.39, 0.29) is 30.3 Å². The highest BCUT2D eigenvalue weighted by Gasteiger charge is 2.12. The zero-order valence-corrected chi connectivity index (χ0v) is 13.4. The maximum Gasteiger partial charge on any atom is 0.254 e. The van der Waals surface area contributed by atoms with E-state index in [0.29, 0.717) is 17.2 Å². The molecule has 0 heterocycles. The van der Waals surface area contributed by atoms with Crippen LogP contribution in [-0.4, -0.2) is 30.7 Å². The van der Waals surface area contributed by atoms with Crippen molar-refractivity contribution in [2.45, 2.75) is 6.92 Å². The molecule has 0 aromatic heterocycles. The van der Waals surface area contributed by atoms with Crippen LogP contribution in [-0.2, 0) is 0 Å². The minimum atomic E-state index is -0.952. The zero-order valence-electron chi connectivity index (χ0n) is 13.4. The Morgan fingerprint density at radius 3 is 1.96 bits per heavy atom. The molecule has 0 bridgehead atoms. The third-order valence-corrected chi connectivity index (χ3v) is 3.43. The fraction of sp³-hybridized carbons (Fsp3) is 0.167. The van der Waals surface area contributed by atoms with E-state index in [9.17, 15) is 23.2 Å². The average Bonchev–Trinajstić information content (AvgIpc) is 2.58. The average molecular weight is 346 g/mol. The van der Waals surface area contributed by atoms with Crippen LogP contribution in [0.3, 0.4) is 0 Å². The van der Waals surface area contributed by atoms with E-state index >= 15 is 0 Å². The molecule has 2 N–H and O–H groups in total. The van der Waals surface area contributed by atoms with Gasteiger partial charge in [-0.25, -0.2) is 8.78 Å². The molecule has 0 fully saturated rings. The molecule has 7 heteroatoms. The normalized spacial score (nSPS) is 10.2. The molecule has 0 radical (unpaired) electrons. The maximum atomic E-state index is 13.5. The van der Waals surface area contributed by atoms with Gasteiger partial charge in [0, 0.05) is 30.3 Å². The first-order valence-corrected chi connectivity index (χ1v) is 7.51. The molecule has 0 aliphatic heterocycles. The predicted octanol–water partition coefficient (Wildman–Crippen LogP) is 2.33. The number of carbonyl (C=O) groups is 3. The molecule has 2 aromatic carbocycles. The van der Waals surface area contributed by atoms with Crippen molar-refractivity contribution in [2.75, 3.05) is 13.1 Å². The highest BCUT2D eigenvalue weighted by molar-refractivity contribution is 5.98. The van der Waals surface area contributed by atoms with Crippen molar-refractivity contribution in [2.24, 2.45) is 0 Å². The Morgan fingerprint density at radius 1 is 0.840 bits per heavy atom. The van der Waals surface area contributed by atoms with Crippen molar-refractivity contribution in [3.8, 4) is 0 Å². The van der Waals surface area contributed by atoms with Crippen LogP contribution in [0.5, 0.6) is 0 Å². The lowest BCUT2D eigenvalue weighted by atomic mass is 10.1. The van der Waals surface area contributed by atoms with Crippen LogP contribution in [0.1, 0.15) is 38.0 Å². The quantitative estimate of drug-likeness (QED) is 0.623.